The molecule has 1 atom stereocenters. The minimum absolute atomic E-state index is 0.238. The first kappa shape index (κ1) is 25.1. The minimum atomic E-state index is -0.928. The maximum absolute atomic E-state index is 11.7. The molecule has 162 valence electrons. The van der Waals surface area contributed by atoms with E-state index in [2.05, 4.69) is 106 Å². The van der Waals surface area contributed by atoms with Gasteiger partial charge in [-0.2, -0.15) is 10.2 Å². The molecule has 0 aliphatic carbocycles. The number of ether oxygens (including phenoxy) is 1. The molecule has 1 aromatic heterocycles. The van der Waals surface area contributed by atoms with Crippen LogP contribution >= 0.6 is 90.4 Å². The third-order valence-electron chi connectivity index (χ3n) is 4.16. The Hall–Kier alpha value is -0.530. The van der Waals surface area contributed by atoms with E-state index in [1.165, 1.54) is 0 Å². The number of hydrogen-bond acceptors (Lipinski definition) is 6. The number of phenolic OH excluding ortho intramolecular Hbond substituents is 1. The second-order valence-electron chi connectivity index (χ2n) is 6.42. The van der Waals surface area contributed by atoms with Gasteiger partial charge in [0.1, 0.15) is 17.5 Å². The number of nitrogens with one attached hydrogen (secondary N) is 1. The predicted octanol–water partition coefficient (Wildman–Crippen LogP) is 5.18. The standard InChI is InChI=1S/C20H15I4N3O4/c21-13-7-12(8-14(22)18(13)28)31-19-15(23)4-10(5-16(19)24)6-17(20(29)30)25-9-11-2-1-3-26-27-11/h1-5,7-8,17,25,28H,6,9H2,(H,29,30)/t17-/m0/s1. The van der Waals surface area contributed by atoms with Gasteiger partial charge >= 0.3 is 5.97 Å². The topological polar surface area (TPSA) is 105 Å². The van der Waals surface area contributed by atoms with Crippen molar-refractivity contribution in [1.29, 1.82) is 0 Å². The Labute approximate surface area is 233 Å². The van der Waals surface area contributed by atoms with Crippen LogP contribution in [-0.2, 0) is 17.8 Å². The maximum Gasteiger partial charge on any atom is 0.321 e. The highest BCUT2D eigenvalue weighted by molar-refractivity contribution is 14.1. The molecule has 0 spiro atoms. The molecular formula is C20H15I4N3O4. The second-order valence-corrected chi connectivity index (χ2v) is 11.1. The Kier molecular flexibility index (Phi) is 9.35. The number of carbonyl (C=O) groups is 1. The molecule has 0 unspecified atom stereocenters. The number of carboxylic acid groups (broad SMARTS) is 1. The number of hydrogen-bond donors (Lipinski definition) is 3. The van der Waals surface area contributed by atoms with Gasteiger partial charge in [-0.15, -0.1) is 0 Å². The number of nitrogens with zero attached hydrogens (tertiary/aromatic N) is 2. The van der Waals surface area contributed by atoms with Crippen molar-refractivity contribution in [2.75, 3.05) is 0 Å². The smallest absolute Gasteiger partial charge is 0.321 e. The Morgan fingerprint density at radius 1 is 1.06 bits per heavy atom. The quantitative estimate of drug-likeness (QED) is 0.269. The largest absolute Gasteiger partial charge is 0.506 e. The molecule has 0 saturated carbocycles. The number of aliphatic carboxylic acids is 1. The Bertz CT molecular complexity index is 1050. The highest BCUT2D eigenvalue weighted by Gasteiger charge is 2.20. The zero-order chi connectivity index (χ0) is 22.5. The van der Waals surface area contributed by atoms with Crippen molar-refractivity contribution in [2.45, 2.75) is 19.0 Å². The third-order valence-corrected chi connectivity index (χ3v) is 7.41. The second kappa shape index (κ2) is 11.6. The number of phenols is 1. The number of aromatic hydroxyl groups is 1. The SMILES string of the molecule is O=C(O)[C@H](Cc1cc(I)c(Oc2cc(I)c(O)c(I)c2)c(I)c1)NCc1cccnn1. The molecule has 0 aliphatic heterocycles. The maximum atomic E-state index is 11.7. The lowest BCUT2D eigenvalue weighted by atomic mass is 10.1. The van der Waals surface area contributed by atoms with E-state index in [0.717, 1.165) is 12.7 Å². The van der Waals surface area contributed by atoms with Crippen LogP contribution in [0.2, 0.25) is 0 Å². The first-order chi connectivity index (χ1) is 14.7. The Morgan fingerprint density at radius 2 is 1.71 bits per heavy atom. The average molecular weight is 869 g/mol. The molecule has 7 nitrogen and oxygen atoms in total. The summed E-state index contributed by atoms with van der Waals surface area (Å²) in [6, 6.07) is 10.2. The zero-order valence-electron chi connectivity index (χ0n) is 15.7. The van der Waals surface area contributed by atoms with Gasteiger partial charge in [0.05, 0.1) is 20.0 Å². The van der Waals surface area contributed by atoms with Crippen molar-refractivity contribution in [3.05, 3.63) is 68.1 Å². The van der Waals surface area contributed by atoms with Gasteiger partial charge < -0.3 is 14.9 Å². The fourth-order valence-corrected chi connectivity index (χ4v) is 6.51. The van der Waals surface area contributed by atoms with Crippen molar-refractivity contribution in [2.24, 2.45) is 0 Å². The summed E-state index contributed by atoms with van der Waals surface area (Å²) in [5, 5.41) is 30.4. The van der Waals surface area contributed by atoms with E-state index in [1.807, 2.05) is 12.1 Å². The van der Waals surface area contributed by atoms with Crippen LogP contribution in [0.4, 0.5) is 0 Å². The first-order valence-electron chi connectivity index (χ1n) is 8.81. The van der Waals surface area contributed by atoms with Crippen LogP contribution in [0.15, 0.2) is 42.6 Å². The number of carboxylic acids is 1. The van der Waals surface area contributed by atoms with E-state index >= 15 is 0 Å². The minimum Gasteiger partial charge on any atom is -0.506 e. The summed E-state index contributed by atoms with van der Waals surface area (Å²) < 4.78 is 9.24. The third kappa shape index (κ3) is 6.97. The van der Waals surface area contributed by atoms with E-state index in [0.29, 0.717) is 37.3 Å². The lowest BCUT2D eigenvalue weighted by molar-refractivity contribution is -0.139. The molecule has 3 N–H and O–H groups in total. The lowest BCUT2D eigenvalue weighted by Gasteiger charge is -2.17. The van der Waals surface area contributed by atoms with E-state index in [1.54, 1.807) is 30.5 Å². The van der Waals surface area contributed by atoms with E-state index < -0.39 is 12.0 Å². The van der Waals surface area contributed by atoms with Crippen LogP contribution in [0.1, 0.15) is 11.3 Å². The highest BCUT2D eigenvalue weighted by atomic mass is 127. The van der Waals surface area contributed by atoms with Gasteiger partial charge in [-0.1, -0.05) is 0 Å². The van der Waals surface area contributed by atoms with E-state index in [-0.39, 0.29) is 5.75 Å². The molecular weight excluding hydrogens is 854 g/mol. The number of halogens is 4. The number of rotatable bonds is 8. The Balaban J connectivity index is 1.76. The molecule has 0 aliphatic rings. The Morgan fingerprint density at radius 3 is 2.26 bits per heavy atom. The molecule has 0 fully saturated rings. The molecule has 0 amide bonds. The molecule has 31 heavy (non-hydrogen) atoms. The van der Waals surface area contributed by atoms with Gasteiger partial charge in [-0.3, -0.25) is 10.1 Å². The summed E-state index contributed by atoms with van der Waals surface area (Å²) in [6.45, 7) is 0.318. The van der Waals surface area contributed by atoms with Crippen LogP contribution in [-0.4, -0.2) is 32.4 Å². The fourth-order valence-electron chi connectivity index (χ4n) is 2.68. The van der Waals surface area contributed by atoms with Crippen LogP contribution in [0.3, 0.4) is 0 Å². The lowest BCUT2D eigenvalue weighted by Crippen LogP contribution is -2.38. The van der Waals surface area contributed by atoms with Gasteiger partial charge in [0.25, 0.3) is 0 Å². The molecule has 2 aromatic carbocycles. The van der Waals surface area contributed by atoms with Crippen molar-refractivity contribution in [1.82, 2.24) is 15.5 Å². The van der Waals surface area contributed by atoms with Gasteiger partial charge in [-0.05, 0) is 139 Å². The summed E-state index contributed by atoms with van der Waals surface area (Å²) in [5.74, 6) is 0.635. The van der Waals surface area contributed by atoms with Gasteiger partial charge in [0.2, 0.25) is 0 Å². The fraction of sp³-hybridized carbons (Fsp3) is 0.150. The predicted molar refractivity (Wildman–Crippen MR) is 149 cm³/mol. The van der Waals surface area contributed by atoms with Crippen LogP contribution in [0.5, 0.6) is 17.2 Å². The van der Waals surface area contributed by atoms with Crippen molar-refractivity contribution in [3.8, 4) is 17.2 Å². The molecule has 11 heteroatoms. The van der Waals surface area contributed by atoms with Crippen LogP contribution in [0, 0.1) is 14.3 Å². The van der Waals surface area contributed by atoms with Crippen molar-refractivity contribution < 1.29 is 19.7 Å². The molecule has 3 aromatic rings. The summed E-state index contributed by atoms with van der Waals surface area (Å²) >= 11 is 8.50. The van der Waals surface area contributed by atoms with Crippen molar-refractivity contribution in [3.63, 3.8) is 0 Å². The molecule has 0 bridgehead atoms. The first-order valence-corrected chi connectivity index (χ1v) is 13.1. The highest BCUT2D eigenvalue weighted by Crippen LogP contribution is 2.37. The summed E-state index contributed by atoms with van der Waals surface area (Å²) in [6.07, 6.45) is 1.89. The van der Waals surface area contributed by atoms with Crippen LogP contribution < -0.4 is 10.1 Å². The zero-order valence-corrected chi connectivity index (χ0v) is 24.3. The van der Waals surface area contributed by atoms with E-state index in [4.69, 9.17) is 4.74 Å². The van der Waals surface area contributed by atoms with Gasteiger partial charge in [0, 0.05) is 12.7 Å². The molecule has 3 rings (SSSR count). The van der Waals surface area contributed by atoms with Crippen LogP contribution in [0.25, 0.3) is 0 Å². The molecule has 0 saturated heterocycles. The van der Waals surface area contributed by atoms with E-state index in [9.17, 15) is 15.0 Å². The summed E-state index contributed by atoms with van der Waals surface area (Å²) in [5.41, 5.74) is 1.56. The monoisotopic (exact) mass is 869 g/mol. The normalized spacial score (nSPS) is 11.9. The average Bonchev–Trinajstić information content (AvgIpc) is 2.72. The summed E-state index contributed by atoms with van der Waals surface area (Å²) in [4.78, 5) is 11.7. The number of benzene rings is 2. The number of aromatic nitrogens is 2. The summed E-state index contributed by atoms with van der Waals surface area (Å²) in [7, 11) is 0. The van der Waals surface area contributed by atoms with Gasteiger partial charge in [0.15, 0.2) is 5.75 Å². The van der Waals surface area contributed by atoms with Gasteiger partial charge in [-0.25, -0.2) is 0 Å². The molecule has 0 radical (unpaired) electrons. The van der Waals surface area contributed by atoms with Crippen molar-refractivity contribution >= 4 is 96.3 Å². The molecule has 1 heterocycles.